The van der Waals surface area contributed by atoms with E-state index >= 15 is 0 Å². The maximum atomic E-state index is 13.5. The summed E-state index contributed by atoms with van der Waals surface area (Å²) in [6.07, 6.45) is 53.4. The molecular weight excluding hydrogens is 623 g/mol. The Bertz CT molecular complexity index is 857. The van der Waals surface area contributed by atoms with Gasteiger partial charge in [-0.1, -0.05) is 152 Å². The number of carbonyl (C=O) groups is 1. The highest BCUT2D eigenvalue weighted by Gasteiger charge is 2.34. The first-order chi connectivity index (χ1) is 24.9. The Morgan fingerprint density at radius 3 is 1.37 bits per heavy atom. The SMILES string of the molecule is CCCCC/C=C\C/C=C\CCCCCCCCC(CCCCCCCC/C=C\C/C=C\CCCCC)C(C)N(C)C(=O)[C@@H]1C[C@H](N(C)C)CN1. The van der Waals surface area contributed by atoms with E-state index in [4.69, 9.17) is 0 Å². The second-order valence-corrected chi connectivity index (χ2v) is 16.0. The number of rotatable bonds is 34. The number of likely N-dealkylation sites (N-methyl/N-ethyl adjacent to an activating group) is 2. The minimum atomic E-state index is -0.0331. The molecule has 1 unspecified atom stereocenters. The Morgan fingerprint density at radius 1 is 0.588 bits per heavy atom. The van der Waals surface area contributed by atoms with Crippen molar-refractivity contribution in [3.05, 3.63) is 48.6 Å². The number of unbranched alkanes of at least 4 members (excludes halogenated alkanes) is 18. The number of nitrogens with one attached hydrogen (secondary N) is 1. The highest BCUT2D eigenvalue weighted by Crippen LogP contribution is 2.26. The van der Waals surface area contributed by atoms with Gasteiger partial charge in [-0.15, -0.1) is 0 Å². The lowest BCUT2D eigenvalue weighted by Crippen LogP contribution is -2.47. The smallest absolute Gasteiger partial charge is 0.239 e. The van der Waals surface area contributed by atoms with Crippen LogP contribution in [-0.2, 0) is 4.79 Å². The normalized spacial score (nSPS) is 17.5. The van der Waals surface area contributed by atoms with Crippen molar-refractivity contribution in [3.8, 4) is 0 Å². The van der Waals surface area contributed by atoms with Crippen LogP contribution in [0.15, 0.2) is 48.6 Å². The predicted molar refractivity (Wildman–Crippen MR) is 228 cm³/mol. The highest BCUT2D eigenvalue weighted by atomic mass is 16.2. The minimum absolute atomic E-state index is 0.0331. The molecule has 1 fully saturated rings. The van der Waals surface area contributed by atoms with Crippen molar-refractivity contribution >= 4 is 5.91 Å². The zero-order chi connectivity index (χ0) is 37.2. The molecule has 1 aliphatic heterocycles. The van der Waals surface area contributed by atoms with Crippen LogP contribution in [0.5, 0.6) is 0 Å². The molecule has 1 amide bonds. The third-order valence-corrected chi connectivity index (χ3v) is 11.3. The van der Waals surface area contributed by atoms with Crippen LogP contribution in [0.2, 0.25) is 0 Å². The van der Waals surface area contributed by atoms with E-state index in [0.29, 0.717) is 23.9 Å². The van der Waals surface area contributed by atoms with E-state index in [0.717, 1.165) is 25.8 Å². The zero-order valence-corrected chi connectivity index (χ0v) is 35.0. The van der Waals surface area contributed by atoms with E-state index in [2.05, 4.69) is 106 Å². The Kier molecular flexibility index (Phi) is 31.7. The molecular formula is C47H87N3O. The van der Waals surface area contributed by atoms with Crippen molar-refractivity contribution in [3.63, 3.8) is 0 Å². The molecule has 0 aromatic carbocycles. The molecule has 1 saturated heterocycles. The Morgan fingerprint density at radius 2 is 0.980 bits per heavy atom. The van der Waals surface area contributed by atoms with E-state index in [1.165, 1.54) is 154 Å². The van der Waals surface area contributed by atoms with Crippen molar-refractivity contribution in [1.82, 2.24) is 15.1 Å². The second kappa shape index (κ2) is 34.1. The third kappa shape index (κ3) is 25.9. The number of nitrogens with zero attached hydrogens (tertiary/aromatic N) is 2. The van der Waals surface area contributed by atoms with Crippen LogP contribution in [0.25, 0.3) is 0 Å². The largest absolute Gasteiger partial charge is 0.341 e. The van der Waals surface area contributed by atoms with Crippen LogP contribution in [0.4, 0.5) is 0 Å². The molecule has 296 valence electrons. The Hall–Kier alpha value is -1.65. The van der Waals surface area contributed by atoms with Gasteiger partial charge in [0.25, 0.3) is 0 Å². The predicted octanol–water partition coefficient (Wildman–Crippen LogP) is 13.1. The van der Waals surface area contributed by atoms with Crippen LogP contribution >= 0.6 is 0 Å². The molecule has 0 radical (unpaired) electrons. The fraction of sp³-hybridized carbons (Fsp3) is 0.809. The number of hydrogen-bond donors (Lipinski definition) is 1. The van der Waals surface area contributed by atoms with E-state index in [-0.39, 0.29) is 6.04 Å². The minimum Gasteiger partial charge on any atom is -0.341 e. The van der Waals surface area contributed by atoms with Crippen LogP contribution in [0.3, 0.4) is 0 Å². The monoisotopic (exact) mass is 710 g/mol. The van der Waals surface area contributed by atoms with Crippen molar-refractivity contribution < 1.29 is 4.79 Å². The molecule has 0 aromatic rings. The topological polar surface area (TPSA) is 35.6 Å². The number of allylic oxidation sites excluding steroid dienone is 8. The Balaban J connectivity index is 2.35. The van der Waals surface area contributed by atoms with Gasteiger partial charge in [0.1, 0.15) is 0 Å². The average Bonchev–Trinajstić information content (AvgIpc) is 3.64. The maximum Gasteiger partial charge on any atom is 0.239 e. The van der Waals surface area contributed by atoms with Crippen molar-refractivity contribution in [2.45, 2.75) is 212 Å². The van der Waals surface area contributed by atoms with Gasteiger partial charge in [0.2, 0.25) is 5.91 Å². The van der Waals surface area contributed by atoms with Gasteiger partial charge in [-0.2, -0.15) is 0 Å². The molecule has 4 nitrogen and oxygen atoms in total. The summed E-state index contributed by atoms with van der Waals surface area (Å²) < 4.78 is 0. The summed E-state index contributed by atoms with van der Waals surface area (Å²) in [7, 11) is 6.32. The number of amides is 1. The summed E-state index contributed by atoms with van der Waals surface area (Å²) in [5, 5.41) is 3.52. The quantitative estimate of drug-likeness (QED) is 0.0534. The first-order valence-electron chi connectivity index (χ1n) is 22.2. The molecule has 0 aromatic heterocycles. The first kappa shape index (κ1) is 47.4. The molecule has 0 spiro atoms. The van der Waals surface area contributed by atoms with Gasteiger partial charge in [-0.05, 0) is 110 Å². The second-order valence-electron chi connectivity index (χ2n) is 16.0. The Labute approximate surface area is 319 Å². The van der Waals surface area contributed by atoms with Gasteiger partial charge in [-0.3, -0.25) is 4.79 Å². The molecule has 1 rings (SSSR count). The fourth-order valence-corrected chi connectivity index (χ4v) is 7.48. The van der Waals surface area contributed by atoms with Crippen molar-refractivity contribution in [2.75, 3.05) is 27.7 Å². The number of hydrogen-bond acceptors (Lipinski definition) is 3. The lowest BCUT2D eigenvalue weighted by Gasteiger charge is -2.34. The molecule has 3 atom stereocenters. The van der Waals surface area contributed by atoms with Gasteiger partial charge >= 0.3 is 0 Å². The number of carbonyl (C=O) groups excluding carboxylic acids is 1. The van der Waals surface area contributed by atoms with Gasteiger partial charge in [0, 0.05) is 25.7 Å². The first-order valence-corrected chi connectivity index (χ1v) is 22.2. The highest BCUT2D eigenvalue weighted by molar-refractivity contribution is 5.82. The average molecular weight is 710 g/mol. The fourth-order valence-electron chi connectivity index (χ4n) is 7.48. The zero-order valence-electron chi connectivity index (χ0n) is 35.0. The van der Waals surface area contributed by atoms with E-state index in [1.807, 2.05) is 0 Å². The summed E-state index contributed by atoms with van der Waals surface area (Å²) >= 11 is 0. The summed E-state index contributed by atoms with van der Waals surface area (Å²) in [5.41, 5.74) is 0. The molecule has 0 bridgehead atoms. The van der Waals surface area contributed by atoms with Crippen molar-refractivity contribution in [2.24, 2.45) is 5.92 Å². The van der Waals surface area contributed by atoms with Crippen LogP contribution < -0.4 is 5.32 Å². The van der Waals surface area contributed by atoms with Gasteiger partial charge in [-0.25, -0.2) is 0 Å². The molecule has 1 aliphatic rings. The molecule has 51 heavy (non-hydrogen) atoms. The van der Waals surface area contributed by atoms with E-state index < -0.39 is 0 Å². The van der Waals surface area contributed by atoms with Crippen LogP contribution in [0, 0.1) is 5.92 Å². The standard InChI is InChI=1S/C47H87N3O/c1-7-9-11-13-15-17-19-21-23-25-27-29-31-33-35-37-39-44(43(3)50(6)47(51)46-41-45(42-48-46)49(4)5)40-38-36-34-32-30-28-26-24-22-20-18-16-14-12-10-8-2/h15-18,21-24,43-46,48H,7-14,19-20,25-42H2,1-6H3/b17-15-,18-16-,23-21-,24-22-/t43?,45-,46-/m0/s1. The molecule has 1 heterocycles. The summed E-state index contributed by atoms with van der Waals surface area (Å²) in [4.78, 5) is 17.9. The van der Waals surface area contributed by atoms with Gasteiger partial charge in [0.05, 0.1) is 6.04 Å². The molecule has 1 N–H and O–H groups in total. The lowest BCUT2D eigenvalue weighted by molar-refractivity contribution is -0.134. The maximum absolute atomic E-state index is 13.5. The van der Waals surface area contributed by atoms with Crippen LogP contribution in [0.1, 0.15) is 194 Å². The molecule has 0 aliphatic carbocycles. The summed E-state index contributed by atoms with van der Waals surface area (Å²) in [6.45, 7) is 7.77. The molecule has 0 saturated carbocycles. The van der Waals surface area contributed by atoms with Gasteiger partial charge < -0.3 is 15.1 Å². The van der Waals surface area contributed by atoms with Crippen LogP contribution in [-0.4, -0.2) is 61.5 Å². The summed E-state index contributed by atoms with van der Waals surface area (Å²) in [6, 6.07) is 0.720. The lowest BCUT2D eigenvalue weighted by atomic mass is 9.87. The van der Waals surface area contributed by atoms with E-state index in [9.17, 15) is 4.79 Å². The van der Waals surface area contributed by atoms with Gasteiger partial charge in [0.15, 0.2) is 0 Å². The summed E-state index contributed by atoms with van der Waals surface area (Å²) in [5.74, 6) is 0.896. The molecule has 4 heteroatoms. The third-order valence-electron chi connectivity index (χ3n) is 11.3. The van der Waals surface area contributed by atoms with Crippen molar-refractivity contribution in [1.29, 1.82) is 0 Å². The van der Waals surface area contributed by atoms with E-state index in [1.54, 1.807) is 0 Å².